The zero-order valence-electron chi connectivity index (χ0n) is 21.8. The van der Waals surface area contributed by atoms with Crippen molar-refractivity contribution in [2.24, 2.45) is 11.7 Å². The lowest BCUT2D eigenvalue weighted by molar-refractivity contribution is 0.0605. The quantitative estimate of drug-likeness (QED) is 0.402. The second-order valence-electron chi connectivity index (χ2n) is 9.71. The molecule has 36 heavy (non-hydrogen) atoms. The van der Waals surface area contributed by atoms with Crippen molar-refractivity contribution in [1.82, 2.24) is 14.5 Å². The first-order valence-electron chi connectivity index (χ1n) is 12.9. The minimum Gasteiger partial charge on any atom is -0.330 e. The molecule has 1 aliphatic rings. The number of aromatic nitrogens is 2. The van der Waals surface area contributed by atoms with Crippen LogP contribution in [0.15, 0.2) is 66.3 Å². The van der Waals surface area contributed by atoms with Gasteiger partial charge in [-0.2, -0.15) is 0 Å². The zero-order chi connectivity index (χ0) is 25.7. The molecular weight excluding hydrogens is 444 g/mol. The molecule has 3 aromatic rings. The summed E-state index contributed by atoms with van der Waals surface area (Å²) < 4.78 is 2.26. The van der Waals surface area contributed by atoms with Crippen LogP contribution in [0.2, 0.25) is 0 Å². The maximum atomic E-state index is 13.9. The minimum absolute atomic E-state index is 0.0103. The molecule has 4 rings (SSSR count). The molecule has 1 unspecified atom stereocenters. The Hall–Kier alpha value is -3.18. The molecule has 0 aliphatic heterocycles. The van der Waals surface area contributed by atoms with Crippen LogP contribution in [0, 0.1) is 25.7 Å². The Morgan fingerprint density at radius 2 is 1.94 bits per heavy atom. The minimum atomic E-state index is -0.213. The first kappa shape index (κ1) is 25.9. The number of para-hydroxylation sites is 1. The third kappa shape index (κ3) is 5.46. The summed E-state index contributed by atoms with van der Waals surface area (Å²) >= 11 is 0. The predicted octanol–water partition coefficient (Wildman–Crippen LogP) is 5.75. The second-order valence-corrected chi connectivity index (χ2v) is 9.71. The number of nitrogens with zero attached hydrogens (tertiary/aromatic N) is 3. The number of amides is 1. The molecule has 4 radical (unpaired) electrons. The summed E-state index contributed by atoms with van der Waals surface area (Å²) in [5.41, 5.74) is 12.0. The smallest absolute Gasteiger partial charge is 0.254 e. The van der Waals surface area contributed by atoms with Gasteiger partial charge in [-0.15, -0.1) is 0 Å². The number of aryl methyl sites for hydroxylation is 2. The Labute approximate surface area is 215 Å². The molecule has 1 amide bonds. The van der Waals surface area contributed by atoms with E-state index in [4.69, 9.17) is 10.7 Å². The fraction of sp³-hybridized carbons (Fsp3) is 0.355. The topological polar surface area (TPSA) is 64.2 Å². The molecule has 5 nitrogen and oxygen atoms in total. The number of allylic oxidation sites excluding steroid dienone is 4. The molecule has 1 aromatic heterocycles. The molecule has 1 heterocycles. The summed E-state index contributed by atoms with van der Waals surface area (Å²) in [6.07, 6.45) is 13.8. The van der Waals surface area contributed by atoms with Gasteiger partial charge >= 0.3 is 0 Å². The summed E-state index contributed by atoms with van der Waals surface area (Å²) in [6, 6.07) is 14.0. The van der Waals surface area contributed by atoms with Gasteiger partial charge < -0.3 is 15.2 Å². The largest absolute Gasteiger partial charge is 0.330 e. The van der Waals surface area contributed by atoms with Crippen LogP contribution in [-0.4, -0.2) is 33.4 Å². The van der Waals surface area contributed by atoms with E-state index in [0.29, 0.717) is 25.2 Å². The van der Waals surface area contributed by atoms with Gasteiger partial charge in [0.25, 0.3) is 5.91 Å². The van der Waals surface area contributed by atoms with E-state index in [1.807, 2.05) is 48.2 Å². The van der Waals surface area contributed by atoms with E-state index in [9.17, 15) is 4.79 Å². The van der Waals surface area contributed by atoms with Crippen molar-refractivity contribution < 1.29 is 4.79 Å². The molecule has 5 heteroatoms. The third-order valence-corrected chi connectivity index (χ3v) is 6.71. The predicted molar refractivity (Wildman–Crippen MR) is 146 cm³/mol. The lowest BCUT2D eigenvalue weighted by Gasteiger charge is -2.35. The van der Waals surface area contributed by atoms with Gasteiger partial charge in [0.15, 0.2) is 0 Å². The van der Waals surface area contributed by atoms with Crippen LogP contribution in [0.25, 0.3) is 11.0 Å². The molecule has 2 N–H and O–H groups in total. The SMILES string of the molecule is CCc1cccc2c1nc(C(C(C)C)N(CCCN)C(=O)c1ccc(C)cc1)n2CC1=CC=C[C][C]1. The average Bonchev–Trinajstić information content (AvgIpc) is 3.24. The van der Waals surface area contributed by atoms with Crippen LogP contribution >= 0.6 is 0 Å². The lowest BCUT2D eigenvalue weighted by Crippen LogP contribution is -2.40. The van der Waals surface area contributed by atoms with Crippen LogP contribution in [0.1, 0.15) is 60.5 Å². The third-order valence-electron chi connectivity index (χ3n) is 6.71. The highest BCUT2D eigenvalue weighted by molar-refractivity contribution is 5.94. The summed E-state index contributed by atoms with van der Waals surface area (Å²) in [5.74, 6) is 1.05. The number of rotatable bonds is 10. The highest BCUT2D eigenvalue weighted by Crippen LogP contribution is 2.34. The van der Waals surface area contributed by atoms with Crippen molar-refractivity contribution >= 4 is 16.9 Å². The van der Waals surface area contributed by atoms with Crippen molar-refractivity contribution in [2.45, 2.75) is 53.1 Å². The van der Waals surface area contributed by atoms with E-state index in [1.165, 1.54) is 5.56 Å². The van der Waals surface area contributed by atoms with Crippen LogP contribution in [0.3, 0.4) is 0 Å². The summed E-state index contributed by atoms with van der Waals surface area (Å²) in [7, 11) is 0. The van der Waals surface area contributed by atoms with Crippen LogP contribution < -0.4 is 5.73 Å². The molecule has 0 spiro atoms. The van der Waals surface area contributed by atoms with Crippen LogP contribution in [-0.2, 0) is 13.0 Å². The first-order valence-corrected chi connectivity index (χ1v) is 12.9. The Bertz CT molecular complexity index is 1250. The molecule has 186 valence electrons. The molecule has 2 aromatic carbocycles. The highest BCUT2D eigenvalue weighted by Gasteiger charge is 2.33. The average molecular weight is 481 g/mol. The Morgan fingerprint density at radius 3 is 2.58 bits per heavy atom. The van der Waals surface area contributed by atoms with Crippen molar-refractivity contribution in [1.29, 1.82) is 0 Å². The molecule has 0 saturated carbocycles. The first-order chi connectivity index (χ1) is 17.4. The van der Waals surface area contributed by atoms with Gasteiger partial charge in [-0.05, 0) is 61.6 Å². The Kier molecular flexibility index (Phi) is 8.42. The number of nitrogens with two attached hydrogens (primary N) is 1. The maximum Gasteiger partial charge on any atom is 0.254 e. The second kappa shape index (κ2) is 11.7. The lowest BCUT2D eigenvalue weighted by atomic mass is 9.99. The van der Waals surface area contributed by atoms with Gasteiger partial charge in [0.05, 0.1) is 17.1 Å². The van der Waals surface area contributed by atoms with Crippen LogP contribution in [0.5, 0.6) is 0 Å². The summed E-state index contributed by atoms with van der Waals surface area (Å²) in [5, 5.41) is 0. The molecule has 0 saturated heterocycles. The van der Waals surface area contributed by atoms with E-state index in [0.717, 1.165) is 40.8 Å². The standard InChI is InChI=1S/C31H36N4O/c1-5-25-13-9-14-27-28(25)33-30(35(27)21-24-11-7-6-8-12-24)29(22(2)3)34(20-10-19-32)31(36)26-17-15-23(4)16-18-26/h6-7,9,11,13-18,22,29H,5,10,19-21,32H2,1-4H3. The van der Waals surface area contributed by atoms with Crippen LogP contribution in [0.4, 0.5) is 0 Å². The van der Waals surface area contributed by atoms with Gasteiger partial charge in [0.2, 0.25) is 0 Å². The number of carbonyl (C=O) groups is 1. The number of fused-ring (bicyclic) bond motifs is 1. The Balaban J connectivity index is 1.87. The summed E-state index contributed by atoms with van der Waals surface area (Å²) in [4.78, 5) is 21.1. The summed E-state index contributed by atoms with van der Waals surface area (Å²) in [6.45, 7) is 10.2. The van der Waals surface area contributed by atoms with Gasteiger partial charge in [0.1, 0.15) is 5.82 Å². The van der Waals surface area contributed by atoms with Gasteiger partial charge in [-0.3, -0.25) is 4.79 Å². The number of carbonyl (C=O) groups excluding carboxylic acids is 1. The molecular formula is C31H36N4O. The molecule has 1 atom stereocenters. The number of benzene rings is 2. The normalized spacial score (nSPS) is 14.3. The fourth-order valence-corrected chi connectivity index (χ4v) is 4.84. The van der Waals surface area contributed by atoms with Crippen molar-refractivity contribution in [2.75, 3.05) is 13.1 Å². The number of imidazole rings is 1. The van der Waals surface area contributed by atoms with E-state index >= 15 is 0 Å². The van der Waals surface area contributed by atoms with E-state index in [2.05, 4.69) is 62.5 Å². The van der Waals surface area contributed by atoms with E-state index < -0.39 is 0 Å². The number of hydrogen-bond donors (Lipinski definition) is 1. The molecule has 0 fully saturated rings. The van der Waals surface area contributed by atoms with E-state index in [-0.39, 0.29) is 17.9 Å². The van der Waals surface area contributed by atoms with Gasteiger partial charge in [-0.25, -0.2) is 4.98 Å². The highest BCUT2D eigenvalue weighted by atomic mass is 16.2. The Morgan fingerprint density at radius 1 is 1.17 bits per heavy atom. The molecule has 0 bridgehead atoms. The zero-order valence-corrected chi connectivity index (χ0v) is 21.8. The number of hydrogen-bond acceptors (Lipinski definition) is 3. The van der Waals surface area contributed by atoms with Crippen molar-refractivity contribution in [3.8, 4) is 0 Å². The van der Waals surface area contributed by atoms with E-state index in [1.54, 1.807) is 0 Å². The maximum absolute atomic E-state index is 13.9. The molecule has 1 aliphatic carbocycles. The van der Waals surface area contributed by atoms with Crippen molar-refractivity contribution in [3.63, 3.8) is 0 Å². The monoisotopic (exact) mass is 480 g/mol. The van der Waals surface area contributed by atoms with Crippen molar-refractivity contribution in [3.05, 3.63) is 102 Å². The fourth-order valence-electron chi connectivity index (χ4n) is 4.84. The van der Waals surface area contributed by atoms with Gasteiger partial charge in [0, 0.05) is 31.5 Å². The van der Waals surface area contributed by atoms with Gasteiger partial charge in [-0.1, -0.05) is 68.8 Å².